The van der Waals surface area contributed by atoms with Crippen molar-refractivity contribution in [2.24, 2.45) is 5.92 Å². The number of rotatable bonds is 4. The van der Waals surface area contributed by atoms with Gasteiger partial charge >= 0.3 is 0 Å². The van der Waals surface area contributed by atoms with Crippen LogP contribution in [0.25, 0.3) is 21.8 Å². The van der Waals surface area contributed by atoms with Gasteiger partial charge in [0.25, 0.3) is 17.4 Å². The summed E-state index contributed by atoms with van der Waals surface area (Å²) in [5, 5.41) is 5.97. The number of alkyl halides is 2. The van der Waals surface area contributed by atoms with Crippen molar-refractivity contribution in [3.8, 4) is 0 Å². The number of halogens is 2. The molecule has 37 heavy (non-hydrogen) atoms. The summed E-state index contributed by atoms with van der Waals surface area (Å²) in [4.78, 5) is 33.5. The first-order valence-corrected chi connectivity index (χ1v) is 13.7. The van der Waals surface area contributed by atoms with Gasteiger partial charge in [-0.15, -0.1) is 0 Å². The van der Waals surface area contributed by atoms with Crippen molar-refractivity contribution in [3.63, 3.8) is 0 Å². The van der Waals surface area contributed by atoms with Gasteiger partial charge < -0.3 is 9.88 Å². The number of fused-ring (bicyclic) bond motifs is 3. The van der Waals surface area contributed by atoms with Gasteiger partial charge in [-0.1, -0.05) is 12.8 Å². The van der Waals surface area contributed by atoms with E-state index in [1.807, 2.05) is 28.6 Å². The molecule has 0 radical (unpaired) electrons. The standard InChI is InChI=1S/C28H35F2N5O2/c1-18-14-24-22(25-23(26(36)32-24)16-31-35(25)17-19-4-2-3-5-19)15-21(18)27(37)34-10-6-20(7-11-34)33-12-8-28(29,30)9-13-33/h14-16,19-20H,2-13,17H2,1H3,(H,32,36). The number of aromatic nitrogens is 3. The minimum absolute atomic E-state index is 0.00997. The Hall–Kier alpha value is -2.81. The van der Waals surface area contributed by atoms with Gasteiger partial charge in [0.2, 0.25) is 0 Å². The van der Waals surface area contributed by atoms with E-state index in [1.165, 1.54) is 25.7 Å². The van der Waals surface area contributed by atoms with Gasteiger partial charge in [-0.2, -0.15) is 5.10 Å². The van der Waals surface area contributed by atoms with Crippen LogP contribution in [0.4, 0.5) is 8.78 Å². The van der Waals surface area contributed by atoms with E-state index in [4.69, 9.17) is 0 Å². The highest BCUT2D eigenvalue weighted by Crippen LogP contribution is 2.32. The molecule has 0 bridgehead atoms. The number of likely N-dealkylation sites (tertiary alicyclic amines) is 2. The largest absolute Gasteiger partial charge is 0.339 e. The topological polar surface area (TPSA) is 74.2 Å². The molecule has 3 fully saturated rings. The summed E-state index contributed by atoms with van der Waals surface area (Å²) < 4.78 is 29.1. The van der Waals surface area contributed by atoms with Gasteiger partial charge in [-0.05, 0) is 56.2 Å². The monoisotopic (exact) mass is 511 g/mol. The number of hydrogen-bond acceptors (Lipinski definition) is 4. The lowest BCUT2D eigenvalue weighted by molar-refractivity contribution is -0.0668. The Morgan fingerprint density at radius 1 is 1.05 bits per heavy atom. The second-order valence-electron chi connectivity index (χ2n) is 11.3. The second-order valence-corrected chi connectivity index (χ2v) is 11.3. The molecule has 0 spiro atoms. The maximum absolute atomic E-state index is 13.7. The van der Waals surface area contributed by atoms with E-state index in [2.05, 4.69) is 15.0 Å². The van der Waals surface area contributed by atoms with E-state index in [9.17, 15) is 18.4 Å². The van der Waals surface area contributed by atoms with Gasteiger partial charge in [0.15, 0.2) is 0 Å². The summed E-state index contributed by atoms with van der Waals surface area (Å²) in [6.45, 7) is 4.79. The molecule has 1 aromatic carbocycles. The Morgan fingerprint density at radius 2 is 1.76 bits per heavy atom. The summed E-state index contributed by atoms with van der Waals surface area (Å²) in [6.07, 6.45) is 7.94. The number of carbonyl (C=O) groups is 1. The molecule has 198 valence electrons. The molecule has 4 heterocycles. The Bertz CT molecular complexity index is 1370. The van der Waals surface area contributed by atoms with Crippen LogP contribution >= 0.6 is 0 Å². The number of aromatic amines is 1. The van der Waals surface area contributed by atoms with Crippen molar-refractivity contribution in [1.29, 1.82) is 0 Å². The SMILES string of the molecule is Cc1cc2[nH]c(=O)c3cnn(CC4CCCC4)c3c2cc1C(=O)N1CCC(N2CCC(F)(F)CC2)CC1. The van der Waals surface area contributed by atoms with Crippen LogP contribution < -0.4 is 5.56 Å². The fourth-order valence-corrected chi connectivity index (χ4v) is 6.66. The van der Waals surface area contributed by atoms with Crippen molar-refractivity contribution in [2.45, 2.75) is 76.8 Å². The van der Waals surface area contributed by atoms with E-state index in [-0.39, 0.29) is 30.3 Å². The molecular formula is C28H35F2N5O2. The number of H-pyrrole nitrogens is 1. The van der Waals surface area contributed by atoms with E-state index in [0.29, 0.717) is 43.0 Å². The van der Waals surface area contributed by atoms with Gasteiger partial charge in [0.05, 0.1) is 22.6 Å². The van der Waals surface area contributed by atoms with Crippen LogP contribution in [0.5, 0.6) is 0 Å². The van der Waals surface area contributed by atoms with Crippen molar-refractivity contribution in [3.05, 3.63) is 39.8 Å². The summed E-state index contributed by atoms with van der Waals surface area (Å²) >= 11 is 0. The van der Waals surface area contributed by atoms with Gasteiger partial charge in [-0.25, -0.2) is 8.78 Å². The van der Waals surface area contributed by atoms with Gasteiger partial charge in [0.1, 0.15) is 0 Å². The van der Waals surface area contributed by atoms with E-state index in [1.54, 1.807) is 6.20 Å². The molecule has 1 N–H and O–H groups in total. The lowest BCUT2D eigenvalue weighted by Crippen LogP contribution is -2.50. The van der Waals surface area contributed by atoms with Gasteiger partial charge in [0, 0.05) is 62.6 Å². The predicted octanol–water partition coefficient (Wildman–Crippen LogP) is 4.71. The van der Waals surface area contributed by atoms with Crippen LogP contribution in [0.2, 0.25) is 0 Å². The lowest BCUT2D eigenvalue weighted by Gasteiger charge is -2.41. The number of carbonyl (C=O) groups excluding carboxylic acids is 1. The summed E-state index contributed by atoms with van der Waals surface area (Å²) in [5.74, 6) is -1.98. The molecule has 6 rings (SSSR count). The zero-order valence-electron chi connectivity index (χ0n) is 21.4. The summed E-state index contributed by atoms with van der Waals surface area (Å²) in [5.41, 5.74) is 2.84. The number of piperidine rings is 2. The molecule has 2 aliphatic heterocycles. The van der Waals surface area contributed by atoms with Crippen LogP contribution in [-0.4, -0.2) is 68.6 Å². The Labute approximate surface area is 214 Å². The highest BCUT2D eigenvalue weighted by atomic mass is 19.3. The minimum atomic E-state index is -2.54. The fraction of sp³-hybridized carbons (Fsp3) is 0.607. The normalized spacial score (nSPS) is 21.9. The van der Waals surface area contributed by atoms with Crippen molar-refractivity contribution >= 4 is 27.7 Å². The average Bonchev–Trinajstić information content (AvgIpc) is 3.55. The molecule has 3 aliphatic rings. The van der Waals surface area contributed by atoms with Crippen molar-refractivity contribution in [1.82, 2.24) is 24.6 Å². The fourth-order valence-electron chi connectivity index (χ4n) is 6.66. The molecule has 1 amide bonds. The van der Waals surface area contributed by atoms with Crippen LogP contribution in [0.15, 0.2) is 23.1 Å². The number of benzene rings is 1. The van der Waals surface area contributed by atoms with Crippen LogP contribution in [0, 0.1) is 12.8 Å². The first-order valence-electron chi connectivity index (χ1n) is 13.7. The molecule has 0 atom stereocenters. The van der Waals surface area contributed by atoms with E-state index in [0.717, 1.165) is 41.4 Å². The first kappa shape index (κ1) is 24.5. The average molecular weight is 512 g/mol. The van der Waals surface area contributed by atoms with Crippen LogP contribution in [0.3, 0.4) is 0 Å². The molecule has 7 nitrogen and oxygen atoms in total. The van der Waals surface area contributed by atoms with Gasteiger partial charge in [-0.3, -0.25) is 19.2 Å². The minimum Gasteiger partial charge on any atom is -0.339 e. The lowest BCUT2D eigenvalue weighted by atomic mass is 9.97. The van der Waals surface area contributed by atoms with Crippen LogP contribution in [0.1, 0.15) is 67.3 Å². The summed E-state index contributed by atoms with van der Waals surface area (Å²) in [6, 6.07) is 4.08. The smallest absolute Gasteiger partial charge is 0.259 e. The van der Waals surface area contributed by atoms with Crippen LogP contribution in [-0.2, 0) is 6.54 Å². The predicted molar refractivity (Wildman–Crippen MR) is 139 cm³/mol. The molecule has 2 saturated heterocycles. The molecule has 1 saturated carbocycles. The third kappa shape index (κ3) is 4.67. The van der Waals surface area contributed by atoms with Crippen molar-refractivity contribution < 1.29 is 13.6 Å². The quantitative estimate of drug-likeness (QED) is 0.551. The first-order chi connectivity index (χ1) is 17.8. The number of hydrogen-bond donors (Lipinski definition) is 1. The Morgan fingerprint density at radius 3 is 2.46 bits per heavy atom. The maximum Gasteiger partial charge on any atom is 0.259 e. The van der Waals surface area contributed by atoms with E-state index < -0.39 is 5.92 Å². The molecule has 3 aromatic rings. The highest BCUT2D eigenvalue weighted by Gasteiger charge is 2.37. The third-order valence-corrected chi connectivity index (χ3v) is 8.89. The molecule has 1 aliphatic carbocycles. The molecular weight excluding hydrogens is 476 g/mol. The number of aryl methyl sites for hydroxylation is 1. The van der Waals surface area contributed by atoms with Crippen molar-refractivity contribution in [2.75, 3.05) is 26.2 Å². The molecule has 9 heteroatoms. The Kier molecular flexibility index (Phi) is 6.29. The second kappa shape index (κ2) is 9.49. The number of pyridine rings is 1. The zero-order chi connectivity index (χ0) is 25.7. The highest BCUT2D eigenvalue weighted by molar-refractivity contribution is 6.07. The zero-order valence-corrected chi connectivity index (χ0v) is 21.4. The summed E-state index contributed by atoms with van der Waals surface area (Å²) in [7, 11) is 0. The maximum atomic E-state index is 13.7. The molecule has 0 unspecified atom stereocenters. The van der Waals surface area contributed by atoms with E-state index >= 15 is 0 Å². The Balaban J connectivity index is 1.25. The number of amides is 1. The molecule has 2 aromatic heterocycles. The third-order valence-electron chi connectivity index (χ3n) is 8.89. The number of nitrogens with zero attached hydrogens (tertiary/aromatic N) is 4. The number of nitrogens with one attached hydrogen (secondary N) is 1.